The van der Waals surface area contributed by atoms with E-state index in [1.54, 1.807) is 0 Å². The maximum Gasteiger partial charge on any atom is 0.119 e. The fourth-order valence-corrected chi connectivity index (χ4v) is 1.71. The number of ether oxygens (including phenoxy) is 2. The Morgan fingerprint density at radius 3 is 2.87 bits per heavy atom. The first-order valence-corrected chi connectivity index (χ1v) is 5.84. The van der Waals surface area contributed by atoms with Crippen LogP contribution in [0.5, 0.6) is 5.75 Å². The van der Waals surface area contributed by atoms with Crippen molar-refractivity contribution in [2.45, 2.75) is 6.10 Å². The second-order valence-corrected chi connectivity index (χ2v) is 4.38. The Balaban J connectivity index is 1.79. The molecule has 4 heteroatoms. The summed E-state index contributed by atoms with van der Waals surface area (Å²) in [6.07, 6.45) is 0.169. The molecular formula is C11H14BrNO2. The Morgan fingerprint density at radius 1 is 1.40 bits per heavy atom. The normalized spacial score (nSPS) is 21.3. The van der Waals surface area contributed by atoms with E-state index in [1.807, 2.05) is 24.3 Å². The lowest BCUT2D eigenvalue weighted by Crippen LogP contribution is -2.41. The summed E-state index contributed by atoms with van der Waals surface area (Å²) in [7, 11) is 0. The number of halogens is 1. The van der Waals surface area contributed by atoms with Gasteiger partial charge >= 0.3 is 0 Å². The van der Waals surface area contributed by atoms with Crippen molar-refractivity contribution in [1.29, 1.82) is 0 Å². The summed E-state index contributed by atoms with van der Waals surface area (Å²) in [5.41, 5.74) is 0. The van der Waals surface area contributed by atoms with Gasteiger partial charge < -0.3 is 14.8 Å². The molecule has 1 heterocycles. The van der Waals surface area contributed by atoms with Crippen molar-refractivity contribution in [2.75, 3.05) is 26.3 Å². The zero-order valence-corrected chi connectivity index (χ0v) is 10.00. The lowest BCUT2D eigenvalue weighted by molar-refractivity contribution is 0.000193. The van der Waals surface area contributed by atoms with Crippen LogP contribution in [-0.4, -0.2) is 32.4 Å². The third-order valence-electron chi connectivity index (χ3n) is 2.25. The van der Waals surface area contributed by atoms with E-state index in [0.717, 1.165) is 29.9 Å². The van der Waals surface area contributed by atoms with Crippen LogP contribution in [0.25, 0.3) is 0 Å². The fourth-order valence-electron chi connectivity index (χ4n) is 1.45. The first-order chi connectivity index (χ1) is 7.34. The Hall–Kier alpha value is -0.580. The van der Waals surface area contributed by atoms with Crippen LogP contribution in [0, 0.1) is 0 Å². The molecule has 1 aromatic carbocycles. The number of hydrogen-bond donors (Lipinski definition) is 1. The topological polar surface area (TPSA) is 30.5 Å². The summed E-state index contributed by atoms with van der Waals surface area (Å²) in [5, 5.41) is 3.27. The Morgan fingerprint density at radius 2 is 2.20 bits per heavy atom. The van der Waals surface area contributed by atoms with E-state index in [-0.39, 0.29) is 6.10 Å². The molecule has 0 bridgehead atoms. The molecule has 1 saturated heterocycles. The highest BCUT2D eigenvalue weighted by molar-refractivity contribution is 9.10. The molecule has 1 N–H and O–H groups in total. The van der Waals surface area contributed by atoms with Crippen LogP contribution in [0.1, 0.15) is 0 Å². The van der Waals surface area contributed by atoms with E-state index in [2.05, 4.69) is 21.2 Å². The minimum Gasteiger partial charge on any atom is -0.491 e. The van der Waals surface area contributed by atoms with Crippen LogP contribution in [0.3, 0.4) is 0 Å². The lowest BCUT2D eigenvalue weighted by atomic mass is 10.3. The van der Waals surface area contributed by atoms with Gasteiger partial charge in [-0.05, 0) is 24.3 Å². The van der Waals surface area contributed by atoms with Gasteiger partial charge in [-0.2, -0.15) is 0 Å². The average molecular weight is 272 g/mol. The molecule has 0 aliphatic carbocycles. The van der Waals surface area contributed by atoms with Crippen LogP contribution in [0.2, 0.25) is 0 Å². The molecule has 0 aromatic heterocycles. The van der Waals surface area contributed by atoms with Gasteiger partial charge in [-0.3, -0.25) is 0 Å². The van der Waals surface area contributed by atoms with Gasteiger partial charge in [0.05, 0.1) is 6.61 Å². The summed E-state index contributed by atoms with van der Waals surface area (Å²) in [4.78, 5) is 0. The molecule has 1 aliphatic heterocycles. The average Bonchev–Trinajstić information content (AvgIpc) is 2.30. The van der Waals surface area contributed by atoms with Crippen molar-refractivity contribution in [3.63, 3.8) is 0 Å². The first kappa shape index (κ1) is 10.9. The second-order valence-electron chi connectivity index (χ2n) is 3.46. The minimum absolute atomic E-state index is 0.169. The molecule has 0 amide bonds. The van der Waals surface area contributed by atoms with Crippen molar-refractivity contribution < 1.29 is 9.47 Å². The monoisotopic (exact) mass is 271 g/mol. The van der Waals surface area contributed by atoms with E-state index in [4.69, 9.17) is 9.47 Å². The van der Waals surface area contributed by atoms with Crippen molar-refractivity contribution in [3.8, 4) is 5.75 Å². The van der Waals surface area contributed by atoms with E-state index in [9.17, 15) is 0 Å². The molecule has 0 saturated carbocycles. The quantitative estimate of drug-likeness (QED) is 0.910. The first-order valence-electron chi connectivity index (χ1n) is 5.05. The van der Waals surface area contributed by atoms with Gasteiger partial charge in [-0.25, -0.2) is 0 Å². The predicted molar refractivity (Wildman–Crippen MR) is 62.2 cm³/mol. The Kier molecular flexibility index (Phi) is 4.00. The van der Waals surface area contributed by atoms with Gasteiger partial charge in [0.25, 0.3) is 0 Å². The lowest BCUT2D eigenvalue weighted by Gasteiger charge is -2.23. The number of hydrogen-bond acceptors (Lipinski definition) is 3. The molecular weight excluding hydrogens is 258 g/mol. The number of morpholine rings is 1. The van der Waals surface area contributed by atoms with Gasteiger partial charge in [0.2, 0.25) is 0 Å². The van der Waals surface area contributed by atoms with Gasteiger partial charge in [0.15, 0.2) is 0 Å². The molecule has 2 rings (SSSR count). The van der Waals surface area contributed by atoms with Crippen molar-refractivity contribution >= 4 is 15.9 Å². The van der Waals surface area contributed by atoms with Crippen LogP contribution in [0.4, 0.5) is 0 Å². The predicted octanol–water partition coefficient (Wildman–Crippen LogP) is 1.82. The highest BCUT2D eigenvalue weighted by Gasteiger charge is 2.13. The molecule has 82 valence electrons. The molecule has 1 fully saturated rings. The molecule has 15 heavy (non-hydrogen) atoms. The van der Waals surface area contributed by atoms with Gasteiger partial charge in [-0.1, -0.05) is 15.9 Å². The fraction of sp³-hybridized carbons (Fsp3) is 0.455. The maximum absolute atomic E-state index is 5.61. The summed E-state index contributed by atoms with van der Waals surface area (Å²) in [6, 6.07) is 7.82. The van der Waals surface area contributed by atoms with Crippen molar-refractivity contribution in [3.05, 3.63) is 28.7 Å². The summed E-state index contributed by atoms with van der Waals surface area (Å²) < 4.78 is 12.2. The molecule has 3 nitrogen and oxygen atoms in total. The smallest absolute Gasteiger partial charge is 0.119 e. The van der Waals surface area contributed by atoms with Crippen molar-refractivity contribution in [2.24, 2.45) is 0 Å². The van der Waals surface area contributed by atoms with Crippen molar-refractivity contribution in [1.82, 2.24) is 5.32 Å². The third-order valence-corrected chi connectivity index (χ3v) is 2.78. The van der Waals surface area contributed by atoms with Crippen LogP contribution >= 0.6 is 15.9 Å². The van der Waals surface area contributed by atoms with Crippen LogP contribution in [0.15, 0.2) is 28.7 Å². The second kappa shape index (κ2) is 5.49. The highest BCUT2D eigenvalue weighted by atomic mass is 79.9. The molecule has 0 radical (unpaired) electrons. The molecule has 1 atom stereocenters. The van der Waals surface area contributed by atoms with E-state index in [0.29, 0.717) is 6.61 Å². The molecule has 1 unspecified atom stereocenters. The molecule has 1 aliphatic rings. The van der Waals surface area contributed by atoms with Crippen LogP contribution < -0.4 is 10.1 Å². The standard InChI is InChI=1S/C11H14BrNO2/c12-9-1-3-10(4-2-9)15-8-11-7-13-5-6-14-11/h1-4,11,13H,5-8H2. The van der Waals surface area contributed by atoms with Gasteiger partial charge in [0.1, 0.15) is 18.5 Å². The van der Waals surface area contributed by atoms with Gasteiger partial charge in [0, 0.05) is 17.6 Å². The Labute approximate surface area is 97.9 Å². The third kappa shape index (κ3) is 3.48. The number of nitrogens with one attached hydrogen (secondary N) is 1. The van der Waals surface area contributed by atoms with Crippen LogP contribution in [-0.2, 0) is 4.74 Å². The molecule has 1 aromatic rings. The SMILES string of the molecule is Brc1ccc(OCC2CNCCO2)cc1. The largest absolute Gasteiger partial charge is 0.491 e. The number of benzene rings is 1. The summed E-state index contributed by atoms with van der Waals surface area (Å²) >= 11 is 3.38. The summed E-state index contributed by atoms with van der Waals surface area (Å²) in [5.74, 6) is 0.882. The van der Waals surface area contributed by atoms with E-state index in [1.165, 1.54) is 0 Å². The molecule has 0 spiro atoms. The maximum atomic E-state index is 5.61. The number of rotatable bonds is 3. The summed E-state index contributed by atoms with van der Waals surface area (Å²) in [6.45, 7) is 3.19. The van der Waals surface area contributed by atoms with E-state index < -0.39 is 0 Å². The Bertz CT molecular complexity index is 296. The highest BCUT2D eigenvalue weighted by Crippen LogP contribution is 2.16. The zero-order valence-electron chi connectivity index (χ0n) is 8.41. The zero-order chi connectivity index (χ0) is 10.5. The minimum atomic E-state index is 0.169. The van der Waals surface area contributed by atoms with Gasteiger partial charge in [-0.15, -0.1) is 0 Å². The van der Waals surface area contributed by atoms with E-state index >= 15 is 0 Å².